The minimum atomic E-state index is 0.0986. The molecule has 4 heteroatoms. The van der Waals surface area contributed by atoms with Gasteiger partial charge < -0.3 is 15.1 Å². The molecule has 2 rings (SSSR count). The van der Waals surface area contributed by atoms with E-state index in [0.29, 0.717) is 19.4 Å². The lowest BCUT2D eigenvalue weighted by atomic mass is 10.1. The van der Waals surface area contributed by atoms with Gasteiger partial charge in [-0.1, -0.05) is 12.1 Å². The van der Waals surface area contributed by atoms with Crippen LogP contribution in [0.25, 0.3) is 0 Å². The van der Waals surface area contributed by atoms with Crippen molar-refractivity contribution in [3.05, 3.63) is 53.5 Å². The summed E-state index contributed by atoms with van der Waals surface area (Å²) in [6.07, 6.45) is 1.17. The van der Waals surface area contributed by atoms with Crippen molar-refractivity contribution in [2.24, 2.45) is 0 Å². The molecular formula is C16H20N2O2. The Bertz CT molecular complexity index is 590. The minimum absolute atomic E-state index is 0.0986. The number of nitrogens with zero attached hydrogens (tertiary/aromatic N) is 1. The Morgan fingerprint density at radius 1 is 1.30 bits per heavy atom. The van der Waals surface area contributed by atoms with Gasteiger partial charge in [0, 0.05) is 19.2 Å². The van der Waals surface area contributed by atoms with Crippen LogP contribution in [0.15, 0.2) is 40.8 Å². The number of benzene rings is 1. The topological polar surface area (TPSA) is 59.5 Å². The van der Waals surface area contributed by atoms with Crippen molar-refractivity contribution in [2.75, 3.05) is 12.8 Å². The molecule has 0 bridgehead atoms. The number of nitrogen functional groups attached to an aromatic ring is 1. The molecule has 0 radical (unpaired) electrons. The van der Waals surface area contributed by atoms with E-state index < -0.39 is 0 Å². The Balaban J connectivity index is 1.85. The summed E-state index contributed by atoms with van der Waals surface area (Å²) in [6.45, 7) is 2.40. The summed E-state index contributed by atoms with van der Waals surface area (Å²) in [4.78, 5) is 13.8. The van der Waals surface area contributed by atoms with Crippen molar-refractivity contribution in [3.63, 3.8) is 0 Å². The number of furan rings is 1. The highest BCUT2D eigenvalue weighted by Crippen LogP contribution is 2.12. The van der Waals surface area contributed by atoms with E-state index in [2.05, 4.69) is 0 Å². The number of aryl methyl sites for hydroxylation is 2. The van der Waals surface area contributed by atoms with E-state index in [0.717, 1.165) is 22.8 Å². The van der Waals surface area contributed by atoms with E-state index in [1.165, 1.54) is 0 Å². The first kappa shape index (κ1) is 14.2. The first-order chi connectivity index (χ1) is 9.54. The van der Waals surface area contributed by atoms with Gasteiger partial charge in [-0.2, -0.15) is 0 Å². The van der Waals surface area contributed by atoms with Gasteiger partial charge in [-0.05, 0) is 43.2 Å². The number of rotatable bonds is 5. The van der Waals surface area contributed by atoms with Gasteiger partial charge in [0.05, 0.1) is 6.54 Å². The maximum atomic E-state index is 12.1. The highest BCUT2D eigenvalue weighted by molar-refractivity contribution is 5.76. The molecule has 0 saturated carbocycles. The Kier molecular flexibility index (Phi) is 4.45. The Morgan fingerprint density at radius 2 is 2.10 bits per heavy atom. The van der Waals surface area contributed by atoms with Gasteiger partial charge >= 0.3 is 0 Å². The van der Waals surface area contributed by atoms with Crippen LogP contribution >= 0.6 is 0 Å². The first-order valence-electron chi connectivity index (χ1n) is 6.68. The lowest BCUT2D eigenvalue weighted by Gasteiger charge is -2.15. The standard InChI is InChI=1S/C16H20N2O2/c1-12-6-8-15(20-12)11-18(2)16(19)9-7-13-4-3-5-14(17)10-13/h3-6,8,10H,7,9,11,17H2,1-2H3. The van der Waals surface area contributed by atoms with Crippen LogP contribution in [0.4, 0.5) is 5.69 Å². The first-order valence-corrected chi connectivity index (χ1v) is 6.68. The van der Waals surface area contributed by atoms with E-state index in [-0.39, 0.29) is 5.91 Å². The van der Waals surface area contributed by atoms with Crippen molar-refractivity contribution in [1.82, 2.24) is 4.90 Å². The lowest BCUT2D eigenvalue weighted by molar-refractivity contribution is -0.130. The molecule has 4 nitrogen and oxygen atoms in total. The molecule has 1 aromatic carbocycles. The smallest absolute Gasteiger partial charge is 0.223 e. The van der Waals surface area contributed by atoms with Crippen molar-refractivity contribution in [1.29, 1.82) is 0 Å². The van der Waals surface area contributed by atoms with Crippen LogP contribution in [-0.2, 0) is 17.8 Å². The molecule has 1 amide bonds. The predicted molar refractivity (Wildman–Crippen MR) is 79.1 cm³/mol. The SMILES string of the molecule is Cc1ccc(CN(C)C(=O)CCc2cccc(N)c2)o1. The van der Waals surface area contributed by atoms with Crippen LogP contribution in [0.3, 0.4) is 0 Å². The van der Waals surface area contributed by atoms with Gasteiger partial charge in [-0.25, -0.2) is 0 Å². The monoisotopic (exact) mass is 272 g/mol. The fourth-order valence-electron chi connectivity index (χ4n) is 2.08. The van der Waals surface area contributed by atoms with Crippen LogP contribution in [-0.4, -0.2) is 17.9 Å². The Morgan fingerprint density at radius 3 is 2.75 bits per heavy atom. The summed E-state index contributed by atoms with van der Waals surface area (Å²) in [5.41, 5.74) is 7.54. The summed E-state index contributed by atoms with van der Waals surface area (Å²) >= 11 is 0. The molecule has 106 valence electrons. The number of hydrogen-bond donors (Lipinski definition) is 1. The number of carbonyl (C=O) groups excluding carboxylic acids is 1. The molecule has 0 saturated heterocycles. The Hall–Kier alpha value is -2.23. The predicted octanol–water partition coefficient (Wildman–Crippen LogP) is 2.76. The maximum absolute atomic E-state index is 12.1. The number of anilines is 1. The second-order valence-electron chi connectivity index (χ2n) is 5.01. The average molecular weight is 272 g/mol. The minimum Gasteiger partial charge on any atom is -0.464 e. The van der Waals surface area contributed by atoms with Gasteiger partial charge in [0.15, 0.2) is 0 Å². The largest absolute Gasteiger partial charge is 0.464 e. The molecule has 2 N–H and O–H groups in total. The molecule has 0 aliphatic carbocycles. The molecule has 0 aliphatic rings. The second-order valence-corrected chi connectivity index (χ2v) is 5.01. The second kappa shape index (κ2) is 6.28. The third-order valence-corrected chi connectivity index (χ3v) is 3.19. The third-order valence-electron chi connectivity index (χ3n) is 3.19. The van der Waals surface area contributed by atoms with Gasteiger partial charge in [-0.15, -0.1) is 0 Å². The Labute approximate surface area is 119 Å². The van der Waals surface area contributed by atoms with Crippen LogP contribution < -0.4 is 5.73 Å². The van der Waals surface area contributed by atoms with Crippen LogP contribution in [0.5, 0.6) is 0 Å². The molecule has 0 fully saturated rings. The zero-order valence-electron chi connectivity index (χ0n) is 11.9. The molecule has 2 aromatic rings. The highest BCUT2D eigenvalue weighted by atomic mass is 16.3. The van der Waals surface area contributed by atoms with Crippen molar-refractivity contribution < 1.29 is 9.21 Å². The number of hydrogen-bond acceptors (Lipinski definition) is 3. The molecule has 0 unspecified atom stereocenters. The molecule has 0 spiro atoms. The fourth-order valence-corrected chi connectivity index (χ4v) is 2.08. The van der Waals surface area contributed by atoms with Gasteiger partial charge in [0.25, 0.3) is 0 Å². The zero-order chi connectivity index (χ0) is 14.5. The van der Waals surface area contributed by atoms with Crippen molar-refractivity contribution >= 4 is 11.6 Å². The van der Waals surface area contributed by atoms with E-state index >= 15 is 0 Å². The number of carbonyl (C=O) groups is 1. The van der Waals surface area contributed by atoms with Crippen molar-refractivity contribution in [3.8, 4) is 0 Å². The number of nitrogens with two attached hydrogens (primary N) is 1. The molecule has 1 aromatic heterocycles. The summed E-state index contributed by atoms with van der Waals surface area (Å²) < 4.78 is 5.47. The maximum Gasteiger partial charge on any atom is 0.223 e. The molecular weight excluding hydrogens is 252 g/mol. The number of amides is 1. The van der Waals surface area contributed by atoms with E-state index in [9.17, 15) is 4.79 Å². The van der Waals surface area contributed by atoms with Crippen LogP contribution in [0.1, 0.15) is 23.5 Å². The van der Waals surface area contributed by atoms with Gasteiger partial charge in [-0.3, -0.25) is 4.79 Å². The quantitative estimate of drug-likeness (QED) is 0.851. The summed E-state index contributed by atoms with van der Waals surface area (Å²) in [7, 11) is 1.79. The molecule has 0 atom stereocenters. The van der Waals surface area contributed by atoms with E-state index in [1.54, 1.807) is 11.9 Å². The van der Waals surface area contributed by atoms with E-state index in [4.69, 9.17) is 10.2 Å². The molecule has 1 heterocycles. The fraction of sp³-hybridized carbons (Fsp3) is 0.312. The van der Waals surface area contributed by atoms with Gasteiger partial charge in [0.1, 0.15) is 11.5 Å². The summed E-state index contributed by atoms with van der Waals surface area (Å²) in [6, 6.07) is 11.4. The highest BCUT2D eigenvalue weighted by Gasteiger charge is 2.11. The summed E-state index contributed by atoms with van der Waals surface area (Å²) in [5.74, 6) is 1.77. The molecule has 0 aliphatic heterocycles. The van der Waals surface area contributed by atoms with E-state index in [1.807, 2.05) is 43.3 Å². The third kappa shape index (κ3) is 3.88. The van der Waals surface area contributed by atoms with Crippen LogP contribution in [0.2, 0.25) is 0 Å². The zero-order valence-corrected chi connectivity index (χ0v) is 11.9. The van der Waals surface area contributed by atoms with Crippen molar-refractivity contribution in [2.45, 2.75) is 26.3 Å². The lowest BCUT2D eigenvalue weighted by Crippen LogP contribution is -2.26. The normalized spacial score (nSPS) is 10.5. The van der Waals surface area contributed by atoms with Crippen LogP contribution in [0, 0.1) is 6.92 Å². The molecule has 20 heavy (non-hydrogen) atoms. The van der Waals surface area contributed by atoms with Gasteiger partial charge in [0.2, 0.25) is 5.91 Å². The summed E-state index contributed by atoms with van der Waals surface area (Å²) in [5, 5.41) is 0. The average Bonchev–Trinajstić information content (AvgIpc) is 2.81.